The Balaban J connectivity index is 2.37. The Morgan fingerprint density at radius 2 is 1.90 bits per heavy atom. The molecule has 20 heavy (non-hydrogen) atoms. The first-order valence-electron chi connectivity index (χ1n) is 7.35. The van der Waals surface area contributed by atoms with Gasteiger partial charge >= 0.3 is 0 Å². The largest absolute Gasteiger partial charge is 0.491 e. The second kappa shape index (κ2) is 9.23. The summed E-state index contributed by atoms with van der Waals surface area (Å²) in [7, 11) is 1.78. The van der Waals surface area contributed by atoms with Gasteiger partial charge in [-0.3, -0.25) is 4.99 Å². The van der Waals surface area contributed by atoms with E-state index in [1.54, 1.807) is 7.05 Å². The van der Waals surface area contributed by atoms with E-state index in [0.29, 0.717) is 12.5 Å². The van der Waals surface area contributed by atoms with Gasteiger partial charge in [-0.05, 0) is 24.0 Å². The fourth-order valence-electron chi connectivity index (χ4n) is 1.88. The minimum Gasteiger partial charge on any atom is -0.491 e. The molecule has 1 rings (SSSR count). The van der Waals surface area contributed by atoms with E-state index in [9.17, 15) is 0 Å². The van der Waals surface area contributed by atoms with Gasteiger partial charge in [-0.15, -0.1) is 0 Å². The molecule has 0 unspecified atom stereocenters. The van der Waals surface area contributed by atoms with Crippen molar-refractivity contribution in [2.45, 2.75) is 33.1 Å². The normalized spacial score (nSPS) is 11.6. The molecule has 0 atom stereocenters. The predicted molar refractivity (Wildman–Crippen MR) is 85.7 cm³/mol. The zero-order valence-corrected chi connectivity index (χ0v) is 13.1. The topological polar surface area (TPSA) is 45.7 Å². The highest BCUT2D eigenvalue weighted by atomic mass is 16.5. The van der Waals surface area contributed by atoms with Crippen molar-refractivity contribution < 1.29 is 4.74 Å². The molecule has 1 aromatic rings. The molecule has 0 amide bonds. The van der Waals surface area contributed by atoms with Crippen molar-refractivity contribution in [3.63, 3.8) is 0 Å². The molecule has 0 aliphatic carbocycles. The summed E-state index contributed by atoms with van der Waals surface area (Å²) >= 11 is 0. The van der Waals surface area contributed by atoms with E-state index in [1.807, 2.05) is 12.1 Å². The second-order valence-corrected chi connectivity index (χ2v) is 4.97. The van der Waals surface area contributed by atoms with Gasteiger partial charge in [0.05, 0.1) is 6.54 Å². The lowest BCUT2D eigenvalue weighted by Gasteiger charge is -2.15. The van der Waals surface area contributed by atoms with Crippen molar-refractivity contribution in [3.8, 4) is 5.75 Å². The van der Waals surface area contributed by atoms with E-state index >= 15 is 0 Å². The summed E-state index contributed by atoms with van der Waals surface area (Å²) in [5, 5.41) is 6.47. The summed E-state index contributed by atoms with van der Waals surface area (Å²) in [5.41, 5.74) is 1.25. The van der Waals surface area contributed by atoms with Crippen LogP contribution in [-0.4, -0.2) is 32.7 Å². The maximum absolute atomic E-state index is 5.85. The molecule has 0 spiro atoms. The van der Waals surface area contributed by atoms with Crippen molar-refractivity contribution >= 4 is 5.96 Å². The smallest absolute Gasteiger partial charge is 0.191 e. The van der Waals surface area contributed by atoms with Gasteiger partial charge in [0.2, 0.25) is 0 Å². The Morgan fingerprint density at radius 3 is 2.55 bits per heavy atom. The minimum atomic E-state index is 0.471. The molecule has 0 fully saturated rings. The molecular formula is C16H27N3O. The molecule has 0 saturated carbocycles. The first kappa shape index (κ1) is 16.3. The molecule has 112 valence electrons. The predicted octanol–water partition coefficient (Wildman–Crippen LogP) is 2.76. The average molecular weight is 277 g/mol. The third-order valence-corrected chi connectivity index (χ3v) is 2.96. The fraction of sp³-hybridized carbons (Fsp3) is 0.562. The van der Waals surface area contributed by atoms with E-state index in [1.165, 1.54) is 5.56 Å². The molecule has 4 nitrogen and oxygen atoms in total. The Morgan fingerprint density at radius 1 is 1.20 bits per heavy atom. The Bertz CT molecular complexity index is 416. The fourth-order valence-corrected chi connectivity index (χ4v) is 1.88. The van der Waals surface area contributed by atoms with Crippen LogP contribution < -0.4 is 15.4 Å². The first-order valence-corrected chi connectivity index (χ1v) is 7.35. The van der Waals surface area contributed by atoms with Gasteiger partial charge in [0.1, 0.15) is 12.4 Å². The summed E-state index contributed by atoms with van der Waals surface area (Å²) in [6, 6.07) is 8.21. The van der Waals surface area contributed by atoms with Gasteiger partial charge in [-0.25, -0.2) is 0 Å². The van der Waals surface area contributed by atoms with Crippen molar-refractivity contribution in [1.82, 2.24) is 10.6 Å². The molecule has 0 radical (unpaired) electrons. The van der Waals surface area contributed by atoms with Crippen molar-refractivity contribution in [1.29, 1.82) is 0 Å². The average Bonchev–Trinajstić information content (AvgIpc) is 2.46. The maximum Gasteiger partial charge on any atom is 0.191 e. The van der Waals surface area contributed by atoms with Gasteiger partial charge in [0.25, 0.3) is 0 Å². The molecule has 4 heteroatoms. The molecule has 0 bridgehead atoms. The lowest BCUT2D eigenvalue weighted by atomic mass is 10.0. The van der Waals surface area contributed by atoms with E-state index in [0.717, 1.165) is 31.2 Å². The maximum atomic E-state index is 5.85. The van der Waals surface area contributed by atoms with Crippen molar-refractivity contribution in [3.05, 3.63) is 29.8 Å². The summed E-state index contributed by atoms with van der Waals surface area (Å²) in [5.74, 6) is 2.27. The lowest BCUT2D eigenvalue weighted by molar-refractivity contribution is 0.317. The van der Waals surface area contributed by atoms with Crippen LogP contribution in [0.4, 0.5) is 0 Å². The number of guanidine groups is 1. The third kappa shape index (κ3) is 5.51. The zero-order valence-electron chi connectivity index (χ0n) is 13.1. The quantitative estimate of drug-likeness (QED) is 0.457. The van der Waals surface area contributed by atoms with Gasteiger partial charge in [-0.2, -0.15) is 0 Å². The lowest BCUT2D eigenvalue weighted by Crippen LogP contribution is -2.39. The summed E-state index contributed by atoms with van der Waals surface area (Å²) < 4.78 is 5.85. The summed E-state index contributed by atoms with van der Waals surface area (Å²) in [4.78, 5) is 4.15. The highest BCUT2D eigenvalue weighted by Gasteiger charge is 2.06. The van der Waals surface area contributed by atoms with Crippen LogP contribution in [0.25, 0.3) is 0 Å². The molecule has 0 heterocycles. The standard InChI is InChI=1S/C16H27N3O/c1-5-10-18-16(17-4)19-11-12-20-15-9-7-6-8-14(15)13(2)3/h6-9,13H,5,10-12H2,1-4H3,(H2,17,18,19). The molecule has 0 aliphatic rings. The van der Waals surface area contributed by atoms with Crippen LogP contribution in [0.3, 0.4) is 0 Å². The van der Waals surface area contributed by atoms with Gasteiger partial charge < -0.3 is 15.4 Å². The number of para-hydroxylation sites is 1. The molecular weight excluding hydrogens is 250 g/mol. The van der Waals surface area contributed by atoms with Gasteiger partial charge in [0.15, 0.2) is 5.96 Å². The third-order valence-electron chi connectivity index (χ3n) is 2.96. The van der Waals surface area contributed by atoms with Crippen molar-refractivity contribution in [2.75, 3.05) is 26.7 Å². The molecule has 0 aromatic heterocycles. The molecule has 1 aromatic carbocycles. The number of hydrogen-bond acceptors (Lipinski definition) is 2. The molecule has 0 saturated heterocycles. The molecule has 0 aliphatic heterocycles. The van der Waals surface area contributed by atoms with E-state index in [-0.39, 0.29) is 0 Å². The van der Waals surface area contributed by atoms with Crippen LogP contribution in [0.2, 0.25) is 0 Å². The number of benzene rings is 1. The van der Waals surface area contributed by atoms with Crippen LogP contribution in [-0.2, 0) is 0 Å². The van der Waals surface area contributed by atoms with Crippen molar-refractivity contribution in [2.24, 2.45) is 4.99 Å². The summed E-state index contributed by atoms with van der Waals surface area (Å²) in [6.07, 6.45) is 1.08. The number of rotatable bonds is 7. The van der Waals surface area contributed by atoms with Crippen LogP contribution in [0, 0.1) is 0 Å². The minimum absolute atomic E-state index is 0.471. The number of nitrogens with one attached hydrogen (secondary N) is 2. The zero-order chi connectivity index (χ0) is 14.8. The van der Waals surface area contributed by atoms with Crippen LogP contribution in [0.15, 0.2) is 29.3 Å². The number of hydrogen-bond donors (Lipinski definition) is 2. The Hall–Kier alpha value is -1.71. The first-order chi connectivity index (χ1) is 9.69. The number of nitrogens with zero attached hydrogens (tertiary/aromatic N) is 1. The van der Waals surface area contributed by atoms with E-state index in [4.69, 9.17) is 4.74 Å². The Labute approximate surface area is 122 Å². The van der Waals surface area contributed by atoms with Crippen LogP contribution in [0.5, 0.6) is 5.75 Å². The van der Waals surface area contributed by atoms with Gasteiger partial charge in [-0.1, -0.05) is 39.0 Å². The van der Waals surface area contributed by atoms with E-state index in [2.05, 4.69) is 48.5 Å². The SMILES string of the molecule is CCCNC(=NC)NCCOc1ccccc1C(C)C. The number of ether oxygens (including phenoxy) is 1. The highest BCUT2D eigenvalue weighted by molar-refractivity contribution is 5.79. The highest BCUT2D eigenvalue weighted by Crippen LogP contribution is 2.25. The second-order valence-electron chi connectivity index (χ2n) is 4.97. The van der Waals surface area contributed by atoms with Gasteiger partial charge in [0, 0.05) is 13.6 Å². The monoisotopic (exact) mass is 277 g/mol. The molecule has 2 N–H and O–H groups in total. The summed E-state index contributed by atoms with van der Waals surface area (Å²) in [6.45, 7) is 8.77. The number of aliphatic imine (C=N–C) groups is 1. The van der Waals surface area contributed by atoms with Crippen LogP contribution >= 0.6 is 0 Å². The Kier molecular flexibility index (Phi) is 7.55. The van der Waals surface area contributed by atoms with Crippen LogP contribution in [0.1, 0.15) is 38.7 Å². The van der Waals surface area contributed by atoms with E-state index < -0.39 is 0 Å².